The molecule has 1 aliphatic carbocycles. The molecule has 2 fully saturated rings. The normalized spacial score (nSPS) is 28.5. The van der Waals surface area contributed by atoms with Gasteiger partial charge in [0.15, 0.2) is 11.3 Å². The molecule has 5 unspecified atom stereocenters. The number of carbonyl (C=O) groups excluding carboxylic acids is 2. The molecule has 1 saturated carbocycles. The van der Waals surface area contributed by atoms with E-state index in [2.05, 4.69) is 24.5 Å². The van der Waals surface area contributed by atoms with Crippen molar-refractivity contribution in [1.29, 1.82) is 0 Å². The molecule has 5 atom stereocenters. The first-order valence-corrected chi connectivity index (χ1v) is 10.6. The summed E-state index contributed by atoms with van der Waals surface area (Å²) >= 11 is 0. The molecule has 7 heteroatoms. The summed E-state index contributed by atoms with van der Waals surface area (Å²) in [5.74, 6) is 0.951. The van der Waals surface area contributed by atoms with E-state index in [0.29, 0.717) is 35.0 Å². The number of nitrogens with one attached hydrogen (secondary N) is 2. The lowest BCUT2D eigenvalue weighted by Crippen LogP contribution is -2.58. The molecular weight excluding hydrogens is 384 g/mol. The minimum absolute atomic E-state index is 0.0232. The molecule has 2 amide bonds. The molecule has 160 valence electrons. The van der Waals surface area contributed by atoms with Crippen LogP contribution in [0.5, 0.6) is 5.75 Å². The second-order valence-electron chi connectivity index (χ2n) is 8.46. The molecule has 0 radical (unpaired) electrons. The summed E-state index contributed by atoms with van der Waals surface area (Å²) in [6.45, 7) is 4.22. The average Bonchev–Trinajstić information content (AvgIpc) is 2.72. The molecule has 2 aliphatic rings. The summed E-state index contributed by atoms with van der Waals surface area (Å²) < 4.78 is 10.6. The number of methoxy groups -OCH3 is 1. The Morgan fingerprint density at radius 1 is 1.30 bits per heavy atom. The van der Waals surface area contributed by atoms with Crippen molar-refractivity contribution in [3.05, 3.63) is 40.2 Å². The highest BCUT2D eigenvalue weighted by Crippen LogP contribution is 2.39. The molecule has 2 heterocycles. The van der Waals surface area contributed by atoms with Crippen LogP contribution in [0.4, 0.5) is 0 Å². The van der Waals surface area contributed by atoms with Crippen molar-refractivity contribution >= 4 is 22.8 Å². The lowest BCUT2D eigenvalue weighted by atomic mass is 9.67. The first kappa shape index (κ1) is 20.4. The van der Waals surface area contributed by atoms with Gasteiger partial charge in [-0.05, 0) is 49.7 Å². The molecular formula is C23H28N2O5. The molecule has 1 saturated heterocycles. The lowest BCUT2D eigenvalue weighted by molar-refractivity contribution is -0.133. The van der Waals surface area contributed by atoms with Gasteiger partial charge in [-0.25, -0.2) is 4.79 Å². The molecule has 1 aliphatic heterocycles. The number of ether oxygens (including phenoxy) is 1. The summed E-state index contributed by atoms with van der Waals surface area (Å²) in [4.78, 5) is 37.7. The van der Waals surface area contributed by atoms with Crippen molar-refractivity contribution in [2.45, 2.75) is 51.6 Å². The number of hydrogen-bond donors (Lipinski definition) is 2. The van der Waals surface area contributed by atoms with Crippen LogP contribution in [0.2, 0.25) is 0 Å². The van der Waals surface area contributed by atoms with E-state index >= 15 is 0 Å². The zero-order valence-electron chi connectivity index (χ0n) is 17.6. The van der Waals surface area contributed by atoms with Crippen LogP contribution in [0.15, 0.2) is 33.5 Å². The number of piperidine rings is 1. The van der Waals surface area contributed by atoms with Crippen LogP contribution in [0.25, 0.3) is 11.0 Å². The number of amides is 2. The van der Waals surface area contributed by atoms with Gasteiger partial charge in [0.2, 0.25) is 5.91 Å². The molecule has 7 nitrogen and oxygen atoms in total. The zero-order chi connectivity index (χ0) is 21.4. The smallest absolute Gasteiger partial charge is 0.349 e. The number of carbonyl (C=O) groups is 2. The van der Waals surface area contributed by atoms with Gasteiger partial charge >= 0.3 is 5.63 Å². The summed E-state index contributed by atoms with van der Waals surface area (Å²) in [6, 6.07) is 6.76. The Morgan fingerprint density at radius 2 is 2.10 bits per heavy atom. The Hall–Kier alpha value is -2.83. The maximum atomic E-state index is 12.8. The summed E-state index contributed by atoms with van der Waals surface area (Å²) in [6.07, 6.45) is 3.29. The molecule has 1 aromatic heterocycles. The molecule has 0 bridgehead atoms. The van der Waals surface area contributed by atoms with Gasteiger partial charge in [-0.1, -0.05) is 26.0 Å². The van der Waals surface area contributed by atoms with Crippen LogP contribution in [-0.4, -0.2) is 31.0 Å². The Bertz CT molecular complexity index is 1030. The summed E-state index contributed by atoms with van der Waals surface area (Å²) in [7, 11) is 1.50. The average molecular weight is 412 g/mol. The van der Waals surface area contributed by atoms with Crippen LogP contribution < -0.4 is 21.0 Å². The highest BCUT2D eigenvalue weighted by Gasteiger charge is 2.43. The quantitative estimate of drug-likeness (QED) is 0.753. The summed E-state index contributed by atoms with van der Waals surface area (Å²) in [5, 5.41) is 6.76. The van der Waals surface area contributed by atoms with Crippen molar-refractivity contribution in [2.24, 2.45) is 17.8 Å². The molecule has 0 spiro atoms. The van der Waals surface area contributed by atoms with Gasteiger partial charge in [0.1, 0.15) is 5.56 Å². The van der Waals surface area contributed by atoms with Crippen LogP contribution in [0.1, 0.15) is 49.9 Å². The lowest BCUT2D eigenvalue weighted by Gasteiger charge is -2.46. The molecule has 1 aromatic carbocycles. The van der Waals surface area contributed by atoms with Crippen molar-refractivity contribution < 1.29 is 18.7 Å². The van der Waals surface area contributed by atoms with Crippen LogP contribution in [0, 0.1) is 17.8 Å². The summed E-state index contributed by atoms with van der Waals surface area (Å²) in [5.41, 5.74) is -0.389. The third-order valence-electron chi connectivity index (χ3n) is 6.84. The van der Waals surface area contributed by atoms with Crippen molar-refractivity contribution in [3.8, 4) is 5.75 Å². The van der Waals surface area contributed by atoms with Gasteiger partial charge < -0.3 is 19.8 Å². The maximum absolute atomic E-state index is 12.8. The maximum Gasteiger partial charge on any atom is 0.349 e. The SMILES string of the molecule is CCC1C(=O)NC2CC(NC(=O)c3cc4cccc(OC)c4oc3=O)CCC2C1C. The number of hydrogen-bond acceptors (Lipinski definition) is 5. The first-order chi connectivity index (χ1) is 14.4. The van der Waals surface area contributed by atoms with E-state index in [9.17, 15) is 14.4 Å². The third kappa shape index (κ3) is 3.57. The van der Waals surface area contributed by atoms with Gasteiger partial charge in [0.05, 0.1) is 7.11 Å². The van der Waals surface area contributed by atoms with Crippen molar-refractivity contribution in [2.75, 3.05) is 7.11 Å². The number of rotatable bonds is 4. The minimum atomic E-state index is -0.691. The predicted molar refractivity (Wildman–Crippen MR) is 113 cm³/mol. The Kier molecular flexibility index (Phi) is 5.54. The molecule has 4 rings (SSSR count). The van der Waals surface area contributed by atoms with Gasteiger partial charge in [-0.15, -0.1) is 0 Å². The van der Waals surface area contributed by atoms with Crippen LogP contribution in [0.3, 0.4) is 0 Å². The second kappa shape index (κ2) is 8.13. The van der Waals surface area contributed by atoms with Gasteiger partial charge in [-0.2, -0.15) is 0 Å². The van der Waals surface area contributed by atoms with Gasteiger partial charge in [-0.3, -0.25) is 9.59 Å². The van der Waals surface area contributed by atoms with Crippen molar-refractivity contribution in [1.82, 2.24) is 10.6 Å². The van der Waals surface area contributed by atoms with Crippen LogP contribution >= 0.6 is 0 Å². The van der Waals surface area contributed by atoms with E-state index in [1.54, 1.807) is 24.3 Å². The van der Waals surface area contributed by atoms with Gasteiger partial charge in [0, 0.05) is 23.4 Å². The van der Waals surface area contributed by atoms with Crippen LogP contribution in [-0.2, 0) is 4.79 Å². The fraction of sp³-hybridized carbons (Fsp3) is 0.522. The number of para-hydroxylation sites is 1. The van der Waals surface area contributed by atoms with E-state index in [1.807, 2.05) is 0 Å². The van der Waals surface area contributed by atoms with Gasteiger partial charge in [0.25, 0.3) is 5.91 Å². The molecule has 30 heavy (non-hydrogen) atoms. The largest absolute Gasteiger partial charge is 0.493 e. The van der Waals surface area contributed by atoms with E-state index in [1.165, 1.54) is 7.11 Å². The standard InChI is InChI=1S/C23H28N2O5/c1-4-15-12(2)16-9-8-14(11-18(16)25-21(15)26)24-22(27)17-10-13-6-5-7-19(29-3)20(13)30-23(17)28/h5-7,10,12,14-16,18H,4,8-9,11H2,1-3H3,(H,24,27)(H,25,26). The highest BCUT2D eigenvalue weighted by atomic mass is 16.5. The van der Waals surface area contributed by atoms with E-state index in [-0.39, 0.29) is 29.5 Å². The third-order valence-corrected chi connectivity index (χ3v) is 6.84. The number of benzene rings is 1. The fourth-order valence-corrected chi connectivity index (χ4v) is 5.20. The predicted octanol–water partition coefficient (Wildman–Crippen LogP) is 2.86. The zero-order valence-corrected chi connectivity index (χ0v) is 17.6. The van der Waals surface area contributed by atoms with Crippen molar-refractivity contribution in [3.63, 3.8) is 0 Å². The monoisotopic (exact) mass is 412 g/mol. The Morgan fingerprint density at radius 3 is 2.83 bits per heavy atom. The number of fused-ring (bicyclic) bond motifs is 2. The fourth-order valence-electron chi connectivity index (χ4n) is 5.20. The minimum Gasteiger partial charge on any atom is -0.493 e. The van der Waals surface area contributed by atoms with E-state index in [4.69, 9.17) is 9.15 Å². The van der Waals surface area contributed by atoms with E-state index < -0.39 is 11.5 Å². The molecule has 2 N–H and O–H groups in total. The molecule has 2 aromatic rings. The highest BCUT2D eigenvalue weighted by molar-refractivity contribution is 5.97. The Labute approximate surface area is 175 Å². The van der Waals surface area contributed by atoms with E-state index in [0.717, 1.165) is 19.3 Å². The topological polar surface area (TPSA) is 97.6 Å². The Balaban J connectivity index is 1.49. The first-order valence-electron chi connectivity index (χ1n) is 10.6. The second-order valence-corrected chi connectivity index (χ2v) is 8.46.